The van der Waals surface area contributed by atoms with E-state index in [9.17, 15) is 10.1 Å². The van der Waals surface area contributed by atoms with Gasteiger partial charge in [0.25, 0.3) is 5.69 Å². The molecule has 1 fully saturated rings. The molecule has 0 unspecified atom stereocenters. The third kappa shape index (κ3) is 4.27. The van der Waals surface area contributed by atoms with E-state index in [0.717, 1.165) is 5.56 Å². The van der Waals surface area contributed by atoms with Crippen LogP contribution in [0, 0.1) is 21.4 Å². The van der Waals surface area contributed by atoms with Crippen LogP contribution in [0.4, 0.5) is 11.5 Å². The number of hydrogen-bond donors (Lipinski definition) is 0. The van der Waals surface area contributed by atoms with Crippen LogP contribution < -0.4 is 4.90 Å². The molecule has 2 heterocycles. The summed E-state index contributed by atoms with van der Waals surface area (Å²) in [6.45, 7) is 2.47. The topological polar surface area (TPSA) is 95.5 Å². The summed E-state index contributed by atoms with van der Waals surface area (Å²) in [5, 5.41) is 20.7. The molecule has 0 amide bonds. The number of ether oxygens (including phenoxy) is 1. The van der Waals surface area contributed by atoms with Crippen LogP contribution in [0.1, 0.15) is 11.3 Å². The summed E-state index contributed by atoms with van der Waals surface area (Å²) >= 11 is 0. The minimum Gasteiger partial charge on any atom is -0.383 e. The number of rotatable bonds is 5. The van der Waals surface area contributed by atoms with E-state index in [2.05, 4.69) is 16.0 Å². The van der Waals surface area contributed by atoms with Crippen LogP contribution in [0.15, 0.2) is 36.5 Å². The van der Waals surface area contributed by atoms with Gasteiger partial charge in [0.2, 0.25) is 0 Å². The first-order valence-electron chi connectivity index (χ1n) is 8.87. The van der Waals surface area contributed by atoms with Crippen molar-refractivity contribution in [3.05, 3.63) is 57.9 Å². The fraction of sp³-hybridized carbons (Fsp3) is 0.300. The summed E-state index contributed by atoms with van der Waals surface area (Å²) in [6, 6.07) is 10.6. The maximum atomic E-state index is 11.7. The molecule has 0 radical (unpaired) electrons. The van der Waals surface area contributed by atoms with Gasteiger partial charge in [0.15, 0.2) is 0 Å². The summed E-state index contributed by atoms with van der Waals surface area (Å²) in [6.07, 6.45) is 3.38. The number of pyridine rings is 1. The Kier molecular flexibility index (Phi) is 5.87. The zero-order chi connectivity index (χ0) is 20.1. The van der Waals surface area contributed by atoms with Gasteiger partial charge in [0.1, 0.15) is 11.5 Å². The van der Waals surface area contributed by atoms with E-state index in [4.69, 9.17) is 10.00 Å². The normalized spacial score (nSPS) is 14.1. The summed E-state index contributed by atoms with van der Waals surface area (Å²) in [7, 11) is 3.69. The molecule has 0 aliphatic carbocycles. The maximum Gasteiger partial charge on any atom is 0.295 e. The molecule has 1 aromatic carbocycles. The van der Waals surface area contributed by atoms with E-state index < -0.39 is 4.92 Å². The fourth-order valence-electron chi connectivity index (χ4n) is 2.95. The molecular formula is C20H21N5O3. The van der Waals surface area contributed by atoms with Gasteiger partial charge in [-0.1, -0.05) is 12.1 Å². The summed E-state index contributed by atoms with van der Waals surface area (Å²) in [5.74, 6) is 0.678. The highest BCUT2D eigenvalue weighted by atomic mass is 16.6. The third-order valence-electron chi connectivity index (χ3n) is 4.37. The molecule has 2 aromatic rings. The largest absolute Gasteiger partial charge is 0.383 e. The molecule has 0 N–H and O–H groups in total. The molecule has 0 spiro atoms. The van der Waals surface area contributed by atoms with Crippen molar-refractivity contribution >= 4 is 17.6 Å². The van der Waals surface area contributed by atoms with E-state index in [1.54, 1.807) is 47.5 Å². The smallest absolute Gasteiger partial charge is 0.295 e. The Balaban J connectivity index is 2.18. The van der Waals surface area contributed by atoms with Crippen molar-refractivity contribution in [3.8, 4) is 17.2 Å². The lowest BCUT2D eigenvalue weighted by Crippen LogP contribution is -2.37. The van der Waals surface area contributed by atoms with E-state index in [0.29, 0.717) is 48.9 Å². The Morgan fingerprint density at radius 2 is 1.96 bits per heavy atom. The minimum atomic E-state index is -0.418. The lowest BCUT2D eigenvalue weighted by atomic mass is 10.0. The van der Waals surface area contributed by atoms with Gasteiger partial charge in [0, 0.05) is 45.0 Å². The first-order chi connectivity index (χ1) is 13.5. The number of nitriles is 1. The number of benzene rings is 1. The molecule has 0 saturated carbocycles. The fourth-order valence-corrected chi connectivity index (χ4v) is 2.95. The lowest BCUT2D eigenvalue weighted by Gasteiger charge is -2.29. The highest BCUT2D eigenvalue weighted by Crippen LogP contribution is 2.35. The van der Waals surface area contributed by atoms with Gasteiger partial charge < -0.3 is 14.5 Å². The van der Waals surface area contributed by atoms with Gasteiger partial charge >= 0.3 is 0 Å². The first kappa shape index (κ1) is 19.3. The van der Waals surface area contributed by atoms with Gasteiger partial charge in [-0.15, -0.1) is 0 Å². The van der Waals surface area contributed by atoms with Crippen LogP contribution in [-0.4, -0.2) is 55.2 Å². The quantitative estimate of drug-likeness (QED) is 0.582. The Morgan fingerprint density at radius 3 is 2.54 bits per heavy atom. The van der Waals surface area contributed by atoms with Gasteiger partial charge in [0.05, 0.1) is 29.8 Å². The van der Waals surface area contributed by atoms with E-state index in [1.807, 2.05) is 14.1 Å². The first-order valence-corrected chi connectivity index (χ1v) is 8.87. The highest BCUT2D eigenvalue weighted by Gasteiger charge is 2.24. The second-order valence-corrected chi connectivity index (χ2v) is 6.59. The van der Waals surface area contributed by atoms with Crippen LogP contribution in [0.5, 0.6) is 0 Å². The van der Waals surface area contributed by atoms with Crippen molar-refractivity contribution in [2.75, 3.05) is 45.3 Å². The SMILES string of the molecule is CN(C)C=Cc1nc(N2CCOCC2)c(-c2ccc(C#N)cc2)cc1[N+](=O)[O-]. The van der Waals surface area contributed by atoms with Crippen LogP contribution in [0.2, 0.25) is 0 Å². The minimum absolute atomic E-state index is 0.0607. The molecule has 8 nitrogen and oxygen atoms in total. The van der Waals surface area contributed by atoms with Crippen LogP contribution in [-0.2, 0) is 4.74 Å². The zero-order valence-corrected chi connectivity index (χ0v) is 15.8. The van der Waals surface area contributed by atoms with E-state index >= 15 is 0 Å². The third-order valence-corrected chi connectivity index (χ3v) is 4.37. The number of morpholine rings is 1. The van der Waals surface area contributed by atoms with E-state index in [1.165, 1.54) is 0 Å². The molecule has 1 aromatic heterocycles. The standard InChI is InChI=1S/C20H21N5O3/c1-23(2)8-7-18-19(25(26)27)13-17(16-5-3-15(14-21)4-6-16)20(22-18)24-9-11-28-12-10-24/h3-8,13H,9-12H2,1-2H3. The van der Waals surface area contributed by atoms with Crippen molar-refractivity contribution in [1.82, 2.24) is 9.88 Å². The second-order valence-electron chi connectivity index (χ2n) is 6.59. The molecule has 0 atom stereocenters. The van der Waals surface area contributed by atoms with Gasteiger partial charge in [-0.3, -0.25) is 10.1 Å². The Bertz CT molecular complexity index is 926. The molecule has 1 saturated heterocycles. The summed E-state index contributed by atoms with van der Waals surface area (Å²) in [4.78, 5) is 19.8. The van der Waals surface area contributed by atoms with E-state index in [-0.39, 0.29) is 5.69 Å². The van der Waals surface area contributed by atoms with Crippen LogP contribution >= 0.6 is 0 Å². The predicted octanol–water partition coefficient (Wildman–Crippen LogP) is 2.90. The number of hydrogen-bond acceptors (Lipinski definition) is 7. The number of nitro groups is 1. The summed E-state index contributed by atoms with van der Waals surface area (Å²) < 4.78 is 5.43. The molecular weight excluding hydrogens is 358 g/mol. The molecule has 3 rings (SSSR count). The zero-order valence-electron chi connectivity index (χ0n) is 15.8. The van der Waals surface area contributed by atoms with Crippen molar-refractivity contribution in [3.63, 3.8) is 0 Å². The average Bonchev–Trinajstić information content (AvgIpc) is 2.72. The number of nitrogens with zero attached hydrogens (tertiary/aromatic N) is 5. The number of aromatic nitrogens is 1. The maximum absolute atomic E-state index is 11.7. The van der Waals surface area contributed by atoms with Crippen LogP contribution in [0.3, 0.4) is 0 Å². The monoisotopic (exact) mass is 379 g/mol. The van der Waals surface area contributed by atoms with Gasteiger partial charge in [-0.2, -0.15) is 5.26 Å². The Labute approximate surface area is 163 Å². The number of anilines is 1. The molecule has 1 aliphatic heterocycles. The van der Waals surface area contributed by atoms with Crippen LogP contribution in [0.25, 0.3) is 17.2 Å². The molecule has 8 heteroatoms. The Morgan fingerprint density at radius 1 is 1.29 bits per heavy atom. The van der Waals surface area contributed by atoms with Crippen molar-refractivity contribution in [1.29, 1.82) is 5.26 Å². The van der Waals surface area contributed by atoms with Crippen molar-refractivity contribution in [2.24, 2.45) is 0 Å². The highest BCUT2D eigenvalue weighted by molar-refractivity contribution is 5.80. The lowest BCUT2D eigenvalue weighted by molar-refractivity contribution is -0.385. The summed E-state index contributed by atoms with van der Waals surface area (Å²) in [5.41, 5.74) is 2.22. The molecule has 144 valence electrons. The van der Waals surface area contributed by atoms with Gasteiger partial charge in [-0.05, 0) is 23.8 Å². The Hall–Kier alpha value is -3.44. The van der Waals surface area contributed by atoms with Crippen molar-refractivity contribution in [2.45, 2.75) is 0 Å². The predicted molar refractivity (Wildman–Crippen MR) is 107 cm³/mol. The second kappa shape index (κ2) is 8.50. The van der Waals surface area contributed by atoms with Crippen molar-refractivity contribution < 1.29 is 9.66 Å². The van der Waals surface area contributed by atoms with Gasteiger partial charge in [-0.25, -0.2) is 4.98 Å². The molecule has 1 aliphatic rings. The molecule has 0 bridgehead atoms. The molecule has 28 heavy (non-hydrogen) atoms. The average molecular weight is 379 g/mol.